The predicted molar refractivity (Wildman–Crippen MR) is 150 cm³/mol. The first-order valence-electron chi connectivity index (χ1n) is 12.7. The number of aliphatic hydroxyl groups excluding tert-OH is 2. The van der Waals surface area contributed by atoms with Crippen LogP contribution in [0.1, 0.15) is 74.3 Å². The molecule has 2 N–H and O–H groups in total. The van der Waals surface area contributed by atoms with Crippen LogP contribution in [0.25, 0.3) is 33.2 Å². The van der Waals surface area contributed by atoms with E-state index in [9.17, 15) is 10.2 Å². The molecular weight excluding hydrogens is 639 g/mol. The van der Waals surface area contributed by atoms with E-state index in [-0.39, 0.29) is 36.4 Å². The van der Waals surface area contributed by atoms with Gasteiger partial charge in [0.05, 0.1) is 17.8 Å². The maximum absolute atomic E-state index is 9.76. The number of aliphatic hydroxyl groups is 2. The molecule has 2 aromatic heterocycles. The van der Waals surface area contributed by atoms with Gasteiger partial charge in [-0.25, -0.2) is 0 Å². The number of aromatic nitrogens is 1. The van der Waals surface area contributed by atoms with Gasteiger partial charge in [-0.05, 0) is 39.6 Å². The van der Waals surface area contributed by atoms with E-state index in [1.54, 1.807) is 0 Å². The quantitative estimate of drug-likeness (QED) is 0.216. The van der Waals surface area contributed by atoms with Gasteiger partial charge in [0.2, 0.25) is 0 Å². The van der Waals surface area contributed by atoms with Gasteiger partial charge in [-0.1, -0.05) is 97.5 Å². The Bertz CT molecular complexity index is 1290. The monoisotopic (exact) mass is 681 g/mol. The van der Waals surface area contributed by atoms with Gasteiger partial charge in [0, 0.05) is 38.1 Å². The van der Waals surface area contributed by atoms with Crippen molar-refractivity contribution in [2.45, 2.75) is 86.4 Å². The van der Waals surface area contributed by atoms with Crippen LogP contribution in [0.2, 0.25) is 0 Å². The van der Waals surface area contributed by atoms with Crippen LogP contribution in [-0.4, -0.2) is 27.4 Å². The van der Waals surface area contributed by atoms with Gasteiger partial charge in [-0.15, -0.1) is 18.2 Å². The van der Waals surface area contributed by atoms with Crippen molar-refractivity contribution in [3.63, 3.8) is 0 Å². The Morgan fingerprint density at radius 2 is 1.43 bits per heavy atom. The Morgan fingerprint density at radius 1 is 0.838 bits per heavy atom. The molecule has 5 heteroatoms. The molecular formula is C32H42IrNO3-. The molecule has 0 aliphatic carbocycles. The Hall–Kier alpha value is -2.04. The van der Waals surface area contributed by atoms with E-state index in [4.69, 9.17) is 4.42 Å². The largest absolute Gasteiger partial charge is 0.501 e. The van der Waals surface area contributed by atoms with Gasteiger partial charge in [0.1, 0.15) is 5.58 Å². The summed E-state index contributed by atoms with van der Waals surface area (Å²) >= 11 is 0. The van der Waals surface area contributed by atoms with Crippen molar-refractivity contribution in [2.24, 2.45) is 10.8 Å². The summed E-state index contributed by atoms with van der Waals surface area (Å²) < 4.78 is 6.09. The van der Waals surface area contributed by atoms with Crippen LogP contribution in [0.5, 0.6) is 0 Å². The van der Waals surface area contributed by atoms with E-state index >= 15 is 0 Å². The van der Waals surface area contributed by atoms with Gasteiger partial charge >= 0.3 is 0 Å². The maximum Gasteiger partial charge on any atom is 0.120 e. The first-order chi connectivity index (χ1) is 16.6. The van der Waals surface area contributed by atoms with E-state index in [1.807, 2.05) is 72.0 Å². The van der Waals surface area contributed by atoms with Gasteiger partial charge in [-0.2, -0.15) is 0 Å². The van der Waals surface area contributed by atoms with E-state index < -0.39 is 12.2 Å². The normalized spacial score (nSPS) is 14.0. The molecule has 2 aromatic carbocycles. The standard InChI is InChI=1S/C21H18NO.C11H24O2.Ir/c1-21(2,3)14-11-12-22-18(13-14)17-9-6-8-16-15-7-4-5-10-19(15)23-20(16)17;1-10(2,3)8(12)7-9(13)11(4,5)6;/h4-8,10-13H,1-3H3;8-9,12-13H,7H2,1-6H3;/q-1;;. The topological polar surface area (TPSA) is 66.5 Å². The molecule has 2 atom stereocenters. The van der Waals surface area contributed by atoms with Crippen molar-refractivity contribution in [1.29, 1.82) is 0 Å². The minimum atomic E-state index is -0.443. The third-order valence-electron chi connectivity index (χ3n) is 6.67. The van der Waals surface area contributed by atoms with Crippen LogP contribution >= 0.6 is 0 Å². The van der Waals surface area contributed by atoms with E-state index in [0.717, 1.165) is 33.2 Å². The Kier molecular flexibility index (Phi) is 9.93. The fourth-order valence-corrected chi connectivity index (χ4v) is 3.83. The second-order valence-electron chi connectivity index (χ2n) is 12.9. The van der Waals surface area contributed by atoms with Crippen LogP contribution in [0.3, 0.4) is 0 Å². The zero-order valence-corrected chi connectivity index (χ0v) is 26.0. The smallest absolute Gasteiger partial charge is 0.120 e. The molecule has 37 heavy (non-hydrogen) atoms. The van der Waals surface area contributed by atoms with E-state index in [1.165, 1.54) is 5.56 Å². The molecule has 2 unspecified atom stereocenters. The van der Waals surface area contributed by atoms with Crippen LogP contribution in [0.4, 0.5) is 0 Å². The number of pyridine rings is 1. The second-order valence-corrected chi connectivity index (χ2v) is 12.9. The zero-order valence-electron chi connectivity index (χ0n) is 23.6. The molecule has 4 aromatic rings. The summed E-state index contributed by atoms with van der Waals surface area (Å²) in [6.07, 6.45) is 1.43. The van der Waals surface area contributed by atoms with E-state index in [2.05, 4.69) is 56.1 Å². The second kappa shape index (κ2) is 11.8. The first kappa shape index (κ1) is 31.2. The summed E-state index contributed by atoms with van der Waals surface area (Å²) in [4.78, 5) is 4.55. The number of fused-ring (bicyclic) bond motifs is 3. The number of hydrogen-bond donors (Lipinski definition) is 2. The summed E-state index contributed by atoms with van der Waals surface area (Å²) in [6, 6.07) is 19.6. The molecule has 4 rings (SSSR count). The number of furan rings is 1. The van der Waals surface area contributed by atoms with Gasteiger partial charge in [0.25, 0.3) is 0 Å². The predicted octanol–water partition coefficient (Wildman–Crippen LogP) is 7.93. The zero-order chi connectivity index (χ0) is 26.9. The summed E-state index contributed by atoms with van der Waals surface area (Å²) in [5.74, 6) is 0. The van der Waals surface area contributed by atoms with Crippen molar-refractivity contribution in [2.75, 3.05) is 0 Å². The van der Waals surface area contributed by atoms with E-state index in [0.29, 0.717) is 6.42 Å². The molecule has 0 fully saturated rings. The van der Waals surface area contributed by atoms with Crippen molar-refractivity contribution in [3.8, 4) is 11.3 Å². The Balaban J connectivity index is 0.000000299. The number of hydrogen-bond acceptors (Lipinski definition) is 4. The van der Waals surface area contributed by atoms with Gasteiger partial charge in [-0.3, -0.25) is 0 Å². The van der Waals surface area contributed by atoms with Crippen LogP contribution in [0.15, 0.2) is 59.1 Å². The minimum Gasteiger partial charge on any atom is -0.501 e. The summed E-state index contributed by atoms with van der Waals surface area (Å²) in [7, 11) is 0. The van der Waals surface area contributed by atoms with Crippen LogP contribution < -0.4 is 0 Å². The van der Waals surface area contributed by atoms with Crippen molar-refractivity contribution in [3.05, 3.63) is 66.4 Å². The number of benzene rings is 2. The number of nitrogens with zero attached hydrogens (tertiary/aromatic N) is 1. The minimum absolute atomic E-state index is 0. The summed E-state index contributed by atoms with van der Waals surface area (Å²) in [5.41, 5.74) is 4.62. The average molecular weight is 681 g/mol. The van der Waals surface area contributed by atoms with Crippen LogP contribution in [-0.2, 0) is 25.5 Å². The molecule has 1 radical (unpaired) electrons. The molecule has 0 amide bonds. The molecule has 0 saturated carbocycles. The van der Waals surface area contributed by atoms with Crippen molar-refractivity contribution < 1.29 is 34.7 Å². The maximum atomic E-state index is 9.76. The first-order valence-corrected chi connectivity index (χ1v) is 12.7. The average Bonchev–Trinajstić information content (AvgIpc) is 3.16. The SMILES string of the molecule is CC(C)(C)C(O)CC(O)C(C)(C)C.CC(C)(C)c1ccnc(-c2[c-]ccc3c2oc2ccccc23)c1.[Ir]. The number of para-hydroxylation sites is 1. The fraction of sp³-hybridized carbons (Fsp3) is 0.469. The molecule has 0 saturated heterocycles. The summed E-state index contributed by atoms with van der Waals surface area (Å²) in [6.45, 7) is 18.5. The Labute approximate surface area is 235 Å². The fourth-order valence-electron chi connectivity index (χ4n) is 3.83. The third kappa shape index (κ3) is 7.74. The van der Waals surface area contributed by atoms with Gasteiger partial charge < -0.3 is 19.6 Å². The molecule has 0 aliphatic heterocycles. The van der Waals surface area contributed by atoms with Crippen molar-refractivity contribution >= 4 is 21.9 Å². The summed E-state index contributed by atoms with van der Waals surface area (Å²) in [5, 5.41) is 21.8. The molecule has 4 nitrogen and oxygen atoms in total. The molecule has 0 spiro atoms. The Morgan fingerprint density at radius 3 is 2.00 bits per heavy atom. The molecule has 0 aliphatic rings. The van der Waals surface area contributed by atoms with Crippen molar-refractivity contribution in [1.82, 2.24) is 4.98 Å². The van der Waals surface area contributed by atoms with Gasteiger partial charge in [0.15, 0.2) is 0 Å². The molecule has 203 valence electrons. The number of rotatable bonds is 3. The molecule has 2 heterocycles. The molecule has 0 bridgehead atoms. The third-order valence-corrected chi connectivity index (χ3v) is 6.67. The van der Waals surface area contributed by atoms with Crippen LogP contribution in [0, 0.1) is 16.9 Å².